The van der Waals surface area contributed by atoms with Crippen molar-refractivity contribution >= 4 is 34.1 Å². The molecule has 1 heterocycles. The molecule has 2 aromatic rings. The van der Waals surface area contributed by atoms with Crippen LogP contribution in [0.2, 0.25) is 0 Å². The van der Waals surface area contributed by atoms with Crippen molar-refractivity contribution in [1.29, 1.82) is 0 Å². The van der Waals surface area contributed by atoms with Gasteiger partial charge >= 0.3 is 5.97 Å². The highest BCUT2D eigenvalue weighted by Crippen LogP contribution is 2.36. The second-order valence-electron chi connectivity index (χ2n) is 3.61. The van der Waals surface area contributed by atoms with Crippen LogP contribution in [0, 0.1) is 0 Å². The average molecular weight is 279 g/mol. The topological polar surface area (TPSA) is 52.3 Å². The molecule has 1 aromatic carbocycles. The van der Waals surface area contributed by atoms with Crippen LogP contribution in [-0.2, 0) is 10.5 Å². The third-order valence-corrected chi connectivity index (χ3v) is 4.55. The van der Waals surface area contributed by atoms with Crippen LogP contribution in [0.25, 0.3) is 0 Å². The maximum atomic E-state index is 11.6. The molecule has 94 valence electrons. The van der Waals surface area contributed by atoms with E-state index in [0.29, 0.717) is 10.6 Å². The monoisotopic (exact) mass is 279 g/mol. The van der Waals surface area contributed by atoms with Gasteiger partial charge in [0.1, 0.15) is 5.00 Å². The van der Waals surface area contributed by atoms with E-state index in [-0.39, 0.29) is 5.97 Å². The Bertz CT molecular complexity index is 537. The van der Waals surface area contributed by atoms with Crippen LogP contribution in [0.15, 0.2) is 40.6 Å². The molecule has 0 aliphatic heterocycles. The highest BCUT2D eigenvalue weighted by atomic mass is 32.2. The van der Waals surface area contributed by atoms with E-state index in [0.717, 1.165) is 10.6 Å². The van der Waals surface area contributed by atoms with Crippen molar-refractivity contribution < 1.29 is 9.53 Å². The number of thioether (sulfide) groups is 1. The van der Waals surface area contributed by atoms with E-state index in [1.54, 1.807) is 17.1 Å². The highest BCUT2D eigenvalue weighted by Gasteiger charge is 2.17. The molecule has 2 N–H and O–H groups in total. The van der Waals surface area contributed by atoms with E-state index in [9.17, 15) is 4.79 Å². The lowest BCUT2D eigenvalue weighted by atomic mass is 10.2. The Balaban J connectivity index is 2.14. The second-order valence-corrected chi connectivity index (χ2v) is 5.51. The Hall–Kier alpha value is -1.46. The Labute approximate surface area is 114 Å². The van der Waals surface area contributed by atoms with Crippen LogP contribution < -0.4 is 5.73 Å². The van der Waals surface area contributed by atoms with Crippen molar-refractivity contribution in [3.63, 3.8) is 0 Å². The normalized spacial score (nSPS) is 10.3. The molecule has 0 unspecified atom stereocenters. The zero-order valence-electron chi connectivity index (χ0n) is 9.88. The van der Waals surface area contributed by atoms with Gasteiger partial charge in [0.15, 0.2) is 0 Å². The molecule has 0 aliphatic rings. The number of hydrogen-bond acceptors (Lipinski definition) is 5. The van der Waals surface area contributed by atoms with Gasteiger partial charge in [0.05, 0.1) is 17.6 Å². The van der Waals surface area contributed by atoms with E-state index in [2.05, 4.69) is 0 Å². The van der Waals surface area contributed by atoms with Gasteiger partial charge in [-0.25, -0.2) is 4.79 Å². The SMILES string of the molecule is COC(=O)c1csc(N)c1SCc1ccccc1. The number of esters is 1. The summed E-state index contributed by atoms with van der Waals surface area (Å²) >= 11 is 2.93. The molecule has 3 nitrogen and oxygen atoms in total. The summed E-state index contributed by atoms with van der Waals surface area (Å²) in [5.41, 5.74) is 7.64. The van der Waals surface area contributed by atoms with Crippen LogP contribution in [0.3, 0.4) is 0 Å². The van der Waals surface area contributed by atoms with Crippen LogP contribution in [0.1, 0.15) is 15.9 Å². The molecule has 0 amide bonds. The van der Waals surface area contributed by atoms with Gasteiger partial charge in [-0.1, -0.05) is 30.3 Å². The van der Waals surface area contributed by atoms with Crippen LogP contribution in [-0.4, -0.2) is 13.1 Å². The number of hydrogen-bond donors (Lipinski definition) is 1. The number of carbonyl (C=O) groups is 1. The number of anilines is 1. The van der Waals surface area contributed by atoms with Crippen molar-refractivity contribution in [2.75, 3.05) is 12.8 Å². The maximum absolute atomic E-state index is 11.6. The van der Waals surface area contributed by atoms with Gasteiger partial charge in [-0.05, 0) is 5.56 Å². The molecule has 18 heavy (non-hydrogen) atoms. The summed E-state index contributed by atoms with van der Waals surface area (Å²) in [6, 6.07) is 10.1. The number of carbonyl (C=O) groups excluding carboxylic acids is 1. The first-order chi connectivity index (χ1) is 8.72. The average Bonchev–Trinajstić information content (AvgIpc) is 2.78. The molecule has 2 rings (SSSR count). The number of thiophene rings is 1. The van der Waals surface area contributed by atoms with E-state index in [1.165, 1.54) is 24.0 Å². The Morgan fingerprint density at radius 3 is 2.78 bits per heavy atom. The molecule has 0 saturated heterocycles. The van der Waals surface area contributed by atoms with Crippen molar-refractivity contribution in [1.82, 2.24) is 0 Å². The molecular weight excluding hydrogens is 266 g/mol. The zero-order valence-corrected chi connectivity index (χ0v) is 11.5. The predicted octanol–water partition coefficient (Wildman–Crippen LogP) is 3.41. The summed E-state index contributed by atoms with van der Waals surface area (Å²) in [6.07, 6.45) is 0. The van der Waals surface area contributed by atoms with Crippen molar-refractivity contribution in [2.24, 2.45) is 0 Å². The van der Waals surface area contributed by atoms with Crippen LogP contribution >= 0.6 is 23.1 Å². The van der Waals surface area contributed by atoms with Gasteiger partial charge < -0.3 is 10.5 Å². The summed E-state index contributed by atoms with van der Waals surface area (Å²) < 4.78 is 4.74. The fourth-order valence-electron chi connectivity index (χ4n) is 1.49. The summed E-state index contributed by atoms with van der Waals surface area (Å²) in [4.78, 5) is 12.4. The minimum atomic E-state index is -0.335. The van der Waals surface area contributed by atoms with Crippen molar-refractivity contribution in [3.8, 4) is 0 Å². The number of methoxy groups -OCH3 is 1. The van der Waals surface area contributed by atoms with Gasteiger partial charge in [-0.2, -0.15) is 0 Å². The maximum Gasteiger partial charge on any atom is 0.339 e. The molecule has 5 heteroatoms. The molecular formula is C13H13NO2S2. The third kappa shape index (κ3) is 2.86. The molecule has 0 atom stereocenters. The molecule has 0 spiro atoms. The molecule has 0 radical (unpaired) electrons. The van der Waals surface area contributed by atoms with Crippen molar-refractivity contribution in [3.05, 3.63) is 46.8 Å². The lowest BCUT2D eigenvalue weighted by molar-refractivity contribution is 0.0597. The molecule has 1 aromatic heterocycles. The lowest BCUT2D eigenvalue weighted by Crippen LogP contribution is -2.01. The third-order valence-electron chi connectivity index (χ3n) is 2.40. The fourth-order valence-corrected chi connectivity index (χ4v) is 3.51. The van der Waals surface area contributed by atoms with Crippen LogP contribution in [0.4, 0.5) is 5.00 Å². The summed E-state index contributed by atoms with van der Waals surface area (Å²) in [5.74, 6) is 0.449. The Morgan fingerprint density at radius 1 is 1.39 bits per heavy atom. The molecule has 0 fully saturated rings. The molecule has 0 bridgehead atoms. The highest BCUT2D eigenvalue weighted by molar-refractivity contribution is 7.99. The van der Waals surface area contributed by atoms with E-state index >= 15 is 0 Å². The Kier molecular flexibility index (Phi) is 4.28. The number of benzene rings is 1. The van der Waals surface area contributed by atoms with Crippen LogP contribution in [0.5, 0.6) is 0 Å². The van der Waals surface area contributed by atoms with E-state index < -0.39 is 0 Å². The minimum Gasteiger partial charge on any atom is -0.465 e. The minimum absolute atomic E-state index is 0.335. The second kappa shape index (κ2) is 5.93. The summed E-state index contributed by atoms with van der Waals surface area (Å²) in [5, 5.41) is 2.41. The number of nitrogens with two attached hydrogens (primary N) is 1. The fraction of sp³-hybridized carbons (Fsp3) is 0.154. The number of nitrogen functional groups attached to an aromatic ring is 1. The zero-order chi connectivity index (χ0) is 13.0. The van der Waals surface area contributed by atoms with Crippen molar-refractivity contribution in [2.45, 2.75) is 10.6 Å². The van der Waals surface area contributed by atoms with Gasteiger partial charge in [0.25, 0.3) is 0 Å². The smallest absolute Gasteiger partial charge is 0.339 e. The van der Waals surface area contributed by atoms with E-state index in [1.807, 2.05) is 30.3 Å². The number of rotatable bonds is 4. The standard InChI is InChI=1S/C13H13NO2S2/c1-16-13(15)10-8-18-12(14)11(10)17-7-9-5-3-2-4-6-9/h2-6,8H,7,14H2,1H3. The largest absolute Gasteiger partial charge is 0.465 e. The van der Waals surface area contributed by atoms with Gasteiger partial charge in [0.2, 0.25) is 0 Å². The first-order valence-electron chi connectivity index (χ1n) is 5.34. The molecule has 0 saturated carbocycles. The summed E-state index contributed by atoms with van der Waals surface area (Å²) in [6.45, 7) is 0. The first-order valence-corrected chi connectivity index (χ1v) is 7.21. The van der Waals surface area contributed by atoms with E-state index in [4.69, 9.17) is 10.5 Å². The molecule has 0 aliphatic carbocycles. The summed E-state index contributed by atoms with van der Waals surface area (Å²) in [7, 11) is 1.38. The Morgan fingerprint density at radius 2 is 2.11 bits per heavy atom. The lowest BCUT2D eigenvalue weighted by Gasteiger charge is -2.04. The quantitative estimate of drug-likeness (QED) is 0.688. The first kappa shape index (κ1) is 13.0. The predicted molar refractivity (Wildman–Crippen MR) is 76.1 cm³/mol. The number of ether oxygens (including phenoxy) is 1. The van der Waals surface area contributed by atoms with Gasteiger partial charge in [0, 0.05) is 11.1 Å². The van der Waals surface area contributed by atoms with Gasteiger partial charge in [-0.3, -0.25) is 0 Å². The van der Waals surface area contributed by atoms with Gasteiger partial charge in [-0.15, -0.1) is 23.1 Å².